The number of carbonyl (C=O) groups excluding carboxylic acids is 1. The van der Waals surface area contributed by atoms with Crippen LogP contribution in [0.1, 0.15) is 18.3 Å². The number of aromatic nitrogens is 4. The lowest BCUT2D eigenvalue weighted by Crippen LogP contribution is -2.30. The van der Waals surface area contributed by atoms with Gasteiger partial charge in [-0.15, -0.1) is 4.68 Å². The van der Waals surface area contributed by atoms with E-state index >= 15 is 0 Å². The number of rotatable bonds is 6. The maximum Gasteiger partial charge on any atom is 0.345 e. The summed E-state index contributed by atoms with van der Waals surface area (Å²) in [7, 11) is 1.63. The third-order valence-corrected chi connectivity index (χ3v) is 3.20. The third-order valence-electron chi connectivity index (χ3n) is 3.20. The number of amides is 1. The molecule has 0 atom stereocenters. The summed E-state index contributed by atoms with van der Waals surface area (Å²) in [6.45, 7) is 4.56. The van der Waals surface area contributed by atoms with Gasteiger partial charge in [-0.05, 0) is 24.8 Å². The minimum Gasteiger partial charge on any atom is -0.358 e. The molecule has 0 unspecified atom stereocenters. The zero-order valence-corrected chi connectivity index (χ0v) is 12.8. The molecule has 118 valence electrons. The van der Waals surface area contributed by atoms with Crippen molar-refractivity contribution in [3.05, 3.63) is 39.8 Å². The summed E-state index contributed by atoms with van der Waals surface area (Å²) in [4.78, 5) is 24.0. The zero-order chi connectivity index (χ0) is 16.3. The second-order valence-electron chi connectivity index (χ2n) is 4.97. The van der Waals surface area contributed by atoms with Crippen molar-refractivity contribution in [1.82, 2.24) is 24.5 Å². The molecule has 0 saturated carbocycles. The minimum absolute atomic E-state index is 0.171. The molecule has 22 heavy (non-hydrogen) atoms. The normalized spacial score (nSPS) is 10.7. The SMILES string of the molecule is CCn1ccc(CN(C)C(=O)Cn2nc(C)cc2[N+](=O)[O-])n1. The number of hydrogen-bond acceptors (Lipinski definition) is 5. The number of likely N-dealkylation sites (N-methyl/N-ethyl adjacent to an activating group) is 1. The Kier molecular flexibility index (Phi) is 4.54. The average molecular weight is 306 g/mol. The lowest BCUT2D eigenvalue weighted by Gasteiger charge is -2.14. The first-order valence-corrected chi connectivity index (χ1v) is 6.85. The van der Waals surface area contributed by atoms with Crippen molar-refractivity contribution >= 4 is 11.7 Å². The molecule has 0 fully saturated rings. The van der Waals surface area contributed by atoms with Crippen molar-refractivity contribution in [3.8, 4) is 0 Å². The van der Waals surface area contributed by atoms with E-state index in [4.69, 9.17) is 0 Å². The molecule has 2 rings (SSSR count). The highest BCUT2D eigenvalue weighted by molar-refractivity contribution is 5.75. The highest BCUT2D eigenvalue weighted by atomic mass is 16.6. The second kappa shape index (κ2) is 6.37. The van der Waals surface area contributed by atoms with E-state index in [2.05, 4.69) is 10.2 Å². The summed E-state index contributed by atoms with van der Waals surface area (Å²) in [5.74, 6) is -0.452. The Morgan fingerprint density at radius 3 is 2.77 bits per heavy atom. The number of nitro groups is 1. The molecule has 0 aliphatic carbocycles. The van der Waals surface area contributed by atoms with Crippen LogP contribution in [0.25, 0.3) is 0 Å². The summed E-state index contributed by atoms with van der Waals surface area (Å²) < 4.78 is 2.88. The Morgan fingerprint density at radius 2 is 2.18 bits per heavy atom. The topological polar surface area (TPSA) is 99.1 Å². The van der Waals surface area contributed by atoms with Gasteiger partial charge in [0, 0.05) is 19.8 Å². The Morgan fingerprint density at radius 1 is 1.45 bits per heavy atom. The van der Waals surface area contributed by atoms with Gasteiger partial charge in [0.2, 0.25) is 0 Å². The van der Waals surface area contributed by atoms with Crippen LogP contribution in [0.3, 0.4) is 0 Å². The number of aryl methyl sites for hydroxylation is 2. The minimum atomic E-state index is -0.545. The van der Waals surface area contributed by atoms with Crippen molar-refractivity contribution in [1.29, 1.82) is 0 Å². The molecule has 2 aromatic rings. The predicted octanol–water partition coefficient (Wildman–Crippen LogP) is 0.975. The largest absolute Gasteiger partial charge is 0.358 e. The molecular weight excluding hydrogens is 288 g/mol. The first kappa shape index (κ1) is 15.7. The Labute approximate surface area is 127 Å². The molecule has 2 heterocycles. The average Bonchev–Trinajstić information content (AvgIpc) is 3.05. The Bertz CT molecular complexity index is 690. The van der Waals surface area contributed by atoms with Crippen molar-refractivity contribution in [2.45, 2.75) is 33.5 Å². The van der Waals surface area contributed by atoms with Gasteiger partial charge in [-0.25, -0.2) is 0 Å². The highest BCUT2D eigenvalue weighted by Crippen LogP contribution is 2.13. The van der Waals surface area contributed by atoms with E-state index in [0.29, 0.717) is 12.2 Å². The van der Waals surface area contributed by atoms with Crippen LogP contribution in [0.15, 0.2) is 18.3 Å². The summed E-state index contributed by atoms with van der Waals surface area (Å²) >= 11 is 0. The van der Waals surface area contributed by atoms with Gasteiger partial charge in [-0.3, -0.25) is 9.48 Å². The number of carbonyl (C=O) groups is 1. The van der Waals surface area contributed by atoms with Gasteiger partial charge in [0.15, 0.2) is 6.54 Å². The molecule has 2 aromatic heterocycles. The van der Waals surface area contributed by atoms with Crippen molar-refractivity contribution in [3.63, 3.8) is 0 Å². The fourth-order valence-electron chi connectivity index (χ4n) is 2.04. The molecule has 1 amide bonds. The van der Waals surface area contributed by atoms with Crippen LogP contribution in [0.4, 0.5) is 5.82 Å². The maximum absolute atomic E-state index is 12.2. The van der Waals surface area contributed by atoms with Crippen LogP contribution in [0, 0.1) is 17.0 Å². The van der Waals surface area contributed by atoms with Gasteiger partial charge in [-0.2, -0.15) is 5.10 Å². The third kappa shape index (κ3) is 3.48. The summed E-state index contributed by atoms with van der Waals surface area (Å²) in [6, 6.07) is 3.18. The van der Waals surface area contributed by atoms with Gasteiger partial charge in [0.05, 0.1) is 24.0 Å². The van der Waals surface area contributed by atoms with Gasteiger partial charge in [-0.1, -0.05) is 5.10 Å². The van der Waals surface area contributed by atoms with Gasteiger partial charge >= 0.3 is 5.82 Å². The molecule has 0 radical (unpaired) electrons. The van der Waals surface area contributed by atoms with E-state index in [1.807, 2.05) is 19.2 Å². The molecule has 0 bridgehead atoms. The van der Waals surface area contributed by atoms with Crippen LogP contribution in [0.5, 0.6) is 0 Å². The molecule has 0 aliphatic rings. The Balaban J connectivity index is 2.03. The van der Waals surface area contributed by atoms with E-state index in [9.17, 15) is 14.9 Å². The number of nitrogens with zero attached hydrogens (tertiary/aromatic N) is 6. The van der Waals surface area contributed by atoms with Crippen LogP contribution in [-0.4, -0.2) is 42.3 Å². The van der Waals surface area contributed by atoms with Crippen LogP contribution in [-0.2, 0) is 24.4 Å². The molecule has 0 saturated heterocycles. The van der Waals surface area contributed by atoms with E-state index in [1.165, 1.54) is 11.0 Å². The van der Waals surface area contributed by atoms with E-state index in [-0.39, 0.29) is 18.3 Å². The van der Waals surface area contributed by atoms with Crippen LogP contribution >= 0.6 is 0 Å². The van der Waals surface area contributed by atoms with E-state index in [0.717, 1.165) is 16.9 Å². The quantitative estimate of drug-likeness (QED) is 0.585. The molecule has 9 nitrogen and oxygen atoms in total. The standard InChI is InChI=1S/C13H18N6O3/c1-4-17-6-5-11(15-17)8-16(3)13(20)9-18-12(19(21)22)7-10(2)14-18/h5-7H,4,8-9H2,1-3H3. The molecule has 0 aliphatic heterocycles. The lowest BCUT2D eigenvalue weighted by molar-refractivity contribution is -0.392. The lowest BCUT2D eigenvalue weighted by atomic mass is 10.4. The van der Waals surface area contributed by atoms with Crippen molar-refractivity contribution < 1.29 is 9.72 Å². The summed E-state index contributed by atoms with van der Waals surface area (Å²) in [5, 5.41) is 19.2. The summed E-state index contributed by atoms with van der Waals surface area (Å²) in [5.41, 5.74) is 1.27. The second-order valence-corrected chi connectivity index (χ2v) is 4.97. The summed E-state index contributed by atoms with van der Waals surface area (Å²) in [6.07, 6.45) is 1.84. The Hall–Kier alpha value is -2.71. The van der Waals surface area contributed by atoms with Gasteiger partial charge < -0.3 is 15.0 Å². The maximum atomic E-state index is 12.2. The fraction of sp³-hybridized carbons (Fsp3) is 0.462. The molecular formula is C13H18N6O3. The first-order valence-electron chi connectivity index (χ1n) is 6.85. The van der Waals surface area contributed by atoms with Gasteiger partial charge in [0.25, 0.3) is 5.91 Å². The monoisotopic (exact) mass is 306 g/mol. The van der Waals surface area contributed by atoms with Crippen LogP contribution < -0.4 is 0 Å². The zero-order valence-electron chi connectivity index (χ0n) is 12.8. The van der Waals surface area contributed by atoms with Gasteiger partial charge in [0.1, 0.15) is 0 Å². The van der Waals surface area contributed by atoms with Crippen LogP contribution in [0.2, 0.25) is 0 Å². The fourth-order valence-corrected chi connectivity index (χ4v) is 2.04. The predicted molar refractivity (Wildman–Crippen MR) is 78.0 cm³/mol. The van der Waals surface area contributed by atoms with Crippen molar-refractivity contribution in [2.24, 2.45) is 0 Å². The molecule has 0 spiro atoms. The smallest absolute Gasteiger partial charge is 0.345 e. The van der Waals surface area contributed by atoms with E-state index < -0.39 is 4.92 Å². The molecule has 0 N–H and O–H groups in total. The molecule has 9 heteroatoms. The van der Waals surface area contributed by atoms with Crippen molar-refractivity contribution in [2.75, 3.05) is 7.05 Å². The number of hydrogen-bond donors (Lipinski definition) is 0. The first-order chi connectivity index (χ1) is 10.4. The molecule has 0 aromatic carbocycles. The van der Waals surface area contributed by atoms with E-state index in [1.54, 1.807) is 18.7 Å². The highest BCUT2D eigenvalue weighted by Gasteiger charge is 2.21.